The molecule has 28 heavy (non-hydrogen) atoms. The second-order valence-corrected chi connectivity index (χ2v) is 9.37. The third-order valence-corrected chi connectivity index (χ3v) is 6.66. The summed E-state index contributed by atoms with van der Waals surface area (Å²) in [5, 5.41) is 3.25. The van der Waals surface area contributed by atoms with Crippen LogP contribution in [0.25, 0.3) is 0 Å². The molecule has 7 heteroatoms. The molecule has 0 spiro atoms. The number of hydrogen-bond donors (Lipinski definition) is 2. The molecular formula is C21H25ClN2O3S. The van der Waals surface area contributed by atoms with Gasteiger partial charge in [0.2, 0.25) is 0 Å². The molecule has 1 aliphatic rings. The van der Waals surface area contributed by atoms with Crippen LogP contribution in [0.5, 0.6) is 0 Å². The molecule has 0 heterocycles. The molecule has 3 rings (SSSR count). The molecule has 0 aliphatic heterocycles. The summed E-state index contributed by atoms with van der Waals surface area (Å²) in [6.07, 6.45) is 6.44. The lowest BCUT2D eigenvalue weighted by atomic mass is 10.1. The minimum atomic E-state index is -3.83. The number of rotatable bonds is 5. The summed E-state index contributed by atoms with van der Waals surface area (Å²) >= 11 is 6.20. The van der Waals surface area contributed by atoms with Gasteiger partial charge in [0.1, 0.15) is 0 Å². The Morgan fingerprint density at radius 2 is 1.75 bits per heavy atom. The van der Waals surface area contributed by atoms with Crippen LogP contribution < -0.4 is 10.0 Å². The van der Waals surface area contributed by atoms with E-state index in [4.69, 9.17) is 11.6 Å². The van der Waals surface area contributed by atoms with Gasteiger partial charge in [-0.2, -0.15) is 0 Å². The van der Waals surface area contributed by atoms with Crippen molar-refractivity contribution in [2.24, 2.45) is 0 Å². The minimum absolute atomic E-state index is 0.00409. The lowest BCUT2D eigenvalue weighted by Gasteiger charge is -2.17. The van der Waals surface area contributed by atoms with Gasteiger partial charge in [-0.05, 0) is 55.7 Å². The number of anilines is 1. The third-order valence-electron chi connectivity index (χ3n) is 4.95. The van der Waals surface area contributed by atoms with Gasteiger partial charge in [-0.15, -0.1) is 0 Å². The minimum Gasteiger partial charge on any atom is -0.349 e. The van der Waals surface area contributed by atoms with Crippen LogP contribution >= 0.6 is 11.6 Å². The Bertz CT molecular complexity index is 952. The molecule has 5 nitrogen and oxygen atoms in total. The molecule has 0 aromatic heterocycles. The maximum Gasteiger partial charge on any atom is 0.261 e. The summed E-state index contributed by atoms with van der Waals surface area (Å²) in [6.45, 7) is 1.88. The highest BCUT2D eigenvalue weighted by atomic mass is 35.5. The second-order valence-electron chi connectivity index (χ2n) is 7.28. The summed E-state index contributed by atoms with van der Waals surface area (Å²) in [5.74, 6) is -0.329. The van der Waals surface area contributed by atoms with Crippen molar-refractivity contribution in [2.45, 2.75) is 56.4 Å². The summed E-state index contributed by atoms with van der Waals surface area (Å²) < 4.78 is 28.0. The van der Waals surface area contributed by atoms with Crippen molar-refractivity contribution in [3.8, 4) is 0 Å². The molecule has 1 saturated carbocycles. The maximum absolute atomic E-state index is 12.7. The molecule has 1 aliphatic carbocycles. The fraction of sp³-hybridized carbons (Fsp3) is 0.381. The fourth-order valence-electron chi connectivity index (χ4n) is 3.46. The van der Waals surface area contributed by atoms with Crippen LogP contribution in [0.4, 0.5) is 5.69 Å². The van der Waals surface area contributed by atoms with E-state index in [1.807, 2.05) is 13.0 Å². The number of aryl methyl sites for hydroxylation is 1. The molecule has 1 amide bonds. The first kappa shape index (κ1) is 20.7. The van der Waals surface area contributed by atoms with Crippen molar-refractivity contribution >= 4 is 33.2 Å². The first-order valence-electron chi connectivity index (χ1n) is 9.55. The number of halogens is 1. The largest absolute Gasteiger partial charge is 0.349 e. The van der Waals surface area contributed by atoms with Crippen LogP contribution in [0.15, 0.2) is 47.4 Å². The molecule has 0 saturated heterocycles. The van der Waals surface area contributed by atoms with E-state index in [9.17, 15) is 13.2 Å². The van der Waals surface area contributed by atoms with Crippen molar-refractivity contribution in [3.63, 3.8) is 0 Å². The zero-order valence-electron chi connectivity index (χ0n) is 15.9. The standard InChI is InChI=1S/C21H25ClN2O3S/c1-15-7-6-10-17(13-15)24-28(26,27)18-11-12-20(22)19(14-18)21(25)23-16-8-4-2-3-5-9-16/h6-7,10-14,16,24H,2-5,8-9H2,1H3,(H,23,25). The number of carbonyl (C=O) groups excluding carboxylic acids is 1. The van der Waals surface area contributed by atoms with E-state index in [0.29, 0.717) is 5.69 Å². The zero-order valence-corrected chi connectivity index (χ0v) is 17.4. The number of nitrogens with one attached hydrogen (secondary N) is 2. The van der Waals surface area contributed by atoms with Crippen LogP contribution in [-0.4, -0.2) is 20.4 Å². The van der Waals surface area contributed by atoms with Gasteiger partial charge in [0.15, 0.2) is 0 Å². The average Bonchev–Trinajstić information content (AvgIpc) is 2.90. The molecule has 2 N–H and O–H groups in total. The van der Waals surface area contributed by atoms with Gasteiger partial charge in [0.25, 0.3) is 15.9 Å². The predicted molar refractivity (Wildman–Crippen MR) is 112 cm³/mol. The molecule has 2 aromatic carbocycles. The highest BCUT2D eigenvalue weighted by Gasteiger charge is 2.21. The lowest BCUT2D eigenvalue weighted by molar-refractivity contribution is 0.0933. The molecule has 0 bridgehead atoms. The van der Waals surface area contributed by atoms with E-state index in [2.05, 4.69) is 10.0 Å². The Morgan fingerprint density at radius 3 is 2.43 bits per heavy atom. The molecule has 0 atom stereocenters. The summed E-state index contributed by atoms with van der Waals surface area (Å²) in [7, 11) is -3.83. The monoisotopic (exact) mass is 420 g/mol. The Hall–Kier alpha value is -2.05. The van der Waals surface area contributed by atoms with Crippen molar-refractivity contribution in [1.82, 2.24) is 5.32 Å². The van der Waals surface area contributed by atoms with E-state index in [1.165, 1.54) is 31.0 Å². The Morgan fingerprint density at radius 1 is 1.04 bits per heavy atom. The van der Waals surface area contributed by atoms with E-state index >= 15 is 0 Å². The van der Waals surface area contributed by atoms with Gasteiger partial charge in [0.05, 0.1) is 15.5 Å². The molecule has 2 aromatic rings. The number of carbonyl (C=O) groups is 1. The van der Waals surface area contributed by atoms with Crippen molar-refractivity contribution in [2.75, 3.05) is 4.72 Å². The summed E-state index contributed by atoms with van der Waals surface area (Å²) in [6, 6.07) is 11.4. The van der Waals surface area contributed by atoms with Crippen LogP contribution in [0.3, 0.4) is 0 Å². The molecule has 1 fully saturated rings. The first-order valence-corrected chi connectivity index (χ1v) is 11.4. The summed E-state index contributed by atoms with van der Waals surface area (Å²) in [5.41, 5.74) is 1.59. The maximum atomic E-state index is 12.7. The first-order chi connectivity index (χ1) is 13.3. The van der Waals surface area contributed by atoms with Gasteiger partial charge in [-0.25, -0.2) is 8.42 Å². The van der Waals surface area contributed by atoms with Gasteiger partial charge in [-0.3, -0.25) is 9.52 Å². The zero-order chi connectivity index (χ0) is 20.1. The number of amides is 1. The van der Waals surface area contributed by atoms with Crippen LogP contribution in [0, 0.1) is 6.92 Å². The highest BCUT2D eigenvalue weighted by molar-refractivity contribution is 7.92. The number of hydrogen-bond acceptors (Lipinski definition) is 3. The number of benzene rings is 2. The second kappa shape index (κ2) is 8.97. The highest BCUT2D eigenvalue weighted by Crippen LogP contribution is 2.24. The van der Waals surface area contributed by atoms with Gasteiger partial charge >= 0.3 is 0 Å². The lowest BCUT2D eigenvalue weighted by Crippen LogP contribution is -2.34. The van der Waals surface area contributed by atoms with E-state index in [0.717, 1.165) is 31.2 Å². The van der Waals surface area contributed by atoms with E-state index in [-0.39, 0.29) is 27.4 Å². The molecule has 0 unspecified atom stereocenters. The normalized spacial score (nSPS) is 15.6. The average molecular weight is 421 g/mol. The molecule has 0 radical (unpaired) electrons. The van der Waals surface area contributed by atoms with Gasteiger partial charge < -0.3 is 5.32 Å². The van der Waals surface area contributed by atoms with Gasteiger partial charge in [0, 0.05) is 11.7 Å². The summed E-state index contributed by atoms with van der Waals surface area (Å²) in [4.78, 5) is 12.7. The predicted octanol–water partition coefficient (Wildman–Crippen LogP) is 4.90. The molecular weight excluding hydrogens is 396 g/mol. The quantitative estimate of drug-likeness (QED) is 0.675. The van der Waals surface area contributed by atoms with Crippen LogP contribution in [0.1, 0.15) is 54.4 Å². The van der Waals surface area contributed by atoms with E-state index in [1.54, 1.807) is 18.2 Å². The topological polar surface area (TPSA) is 75.3 Å². The fourth-order valence-corrected chi connectivity index (χ4v) is 4.73. The van der Waals surface area contributed by atoms with Crippen molar-refractivity contribution in [3.05, 3.63) is 58.6 Å². The van der Waals surface area contributed by atoms with Crippen molar-refractivity contribution < 1.29 is 13.2 Å². The Balaban J connectivity index is 1.80. The van der Waals surface area contributed by atoms with Crippen molar-refractivity contribution in [1.29, 1.82) is 0 Å². The van der Waals surface area contributed by atoms with Crippen LogP contribution in [-0.2, 0) is 10.0 Å². The van der Waals surface area contributed by atoms with Gasteiger partial charge in [-0.1, -0.05) is 49.4 Å². The number of sulfonamides is 1. The van der Waals surface area contributed by atoms with E-state index < -0.39 is 10.0 Å². The van der Waals surface area contributed by atoms with Crippen LogP contribution in [0.2, 0.25) is 5.02 Å². The Labute approximate surface area is 171 Å². The smallest absolute Gasteiger partial charge is 0.261 e. The third kappa shape index (κ3) is 5.26. The molecule has 150 valence electrons. The Kier molecular flexibility index (Phi) is 6.62. The SMILES string of the molecule is Cc1cccc(NS(=O)(=O)c2ccc(Cl)c(C(=O)NC3CCCCCC3)c2)c1.